The zero-order valence-electron chi connectivity index (χ0n) is 21.0. The number of aromatic nitrogens is 2. The number of nitrogens with two attached hydrogens (primary N) is 1. The van der Waals surface area contributed by atoms with Crippen molar-refractivity contribution in [2.75, 3.05) is 0 Å². The number of benzene rings is 2. The summed E-state index contributed by atoms with van der Waals surface area (Å²) in [7, 11) is 0. The van der Waals surface area contributed by atoms with Crippen molar-refractivity contribution in [3.63, 3.8) is 0 Å². The highest BCUT2D eigenvalue weighted by Crippen LogP contribution is 2.49. The van der Waals surface area contributed by atoms with E-state index < -0.39 is 0 Å². The van der Waals surface area contributed by atoms with Crippen molar-refractivity contribution in [2.24, 2.45) is 11.7 Å². The Morgan fingerprint density at radius 1 is 0.943 bits per heavy atom. The molecule has 3 nitrogen and oxygen atoms in total. The number of halogens is 2. The molecule has 2 N–H and O–H groups in total. The molecule has 1 aliphatic carbocycles. The van der Waals surface area contributed by atoms with E-state index in [1.54, 1.807) is 6.07 Å². The van der Waals surface area contributed by atoms with Gasteiger partial charge in [0, 0.05) is 53.4 Å². The van der Waals surface area contributed by atoms with Gasteiger partial charge >= 0.3 is 0 Å². The van der Waals surface area contributed by atoms with Crippen LogP contribution >= 0.6 is 11.6 Å². The SMILES string of the molecule is C.C[C@H](N)Cn1ccc2cc(F)c(Cl)cc21.Cc1ccc2c(c1)-c1c(ccn1CC(C)C)C2(C)C. The monoisotopic (exact) mass is 495 g/mol. The molecule has 1 aliphatic rings. The van der Waals surface area contributed by atoms with Crippen molar-refractivity contribution in [3.8, 4) is 11.3 Å². The molecule has 0 unspecified atom stereocenters. The summed E-state index contributed by atoms with van der Waals surface area (Å²) in [6.45, 7) is 15.1. The molecule has 35 heavy (non-hydrogen) atoms. The number of hydrogen-bond donors (Lipinski definition) is 1. The Bertz CT molecular complexity index is 1330. The second kappa shape index (κ2) is 10.2. The van der Waals surface area contributed by atoms with Crippen molar-refractivity contribution >= 4 is 22.5 Å². The quantitative estimate of drug-likeness (QED) is 0.304. The van der Waals surface area contributed by atoms with Crippen LogP contribution in [0.5, 0.6) is 0 Å². The molecule has 0 saturated carbocycles. The van der Waals surface area contributed by atoms with Gasteiger partial charge in [0.05, 0.1) is 10.7 Å². The Morgan fingerprint density at radius 3 is 2.29 bits per heavy atom. The minimum absolute atomic E-state index is 0. The fraction of sp³-hybridized carbons (Fsp3) is 0.400. The standard InChI is InChI=1S/C18H23N.C11H12ClFN2.CH4/c1-12(2)11-19-9-8-16-17(19)14-10-13(3)6-7-15(14)18(16,4)5;1-7(14)6-15-3-2-8-4-10(13)9(12)5-11(8)15;/h6-10,12H,11H2,1-5H3;2-5,7H,6,14H2,1H3;1H4/t;7-;/m.0./s1. The van der Waals surface area contributed by atoms with Gasteiger partial charge in [-0.3, -0.25) is 0 Å². The van der Waals surface area contributed by atoms with Crippen molar-refractivity contribution in [3.05, 3.63) is 82.4 Å². The first-order valence-electron chi connectivity index (χ1n) is 12.0. The maximum absolute atomic E-state index is 13.2. The third kappa shape index (κ3) is 5.19. The van der Waals surface area contributed by atoms with Crippen LogP contribution < -0.4 is 5.73 Å². The van der Waals surface area contributed by atoms with Crippen LogP contribution in [0.15, 0.2) is 54.9 Å². The van der Waals surface area contributed by atoms with Gasteiger partial charge in [0.15, 0.2) is 0 Å². The summed E-state index contributed by atoms with van der Waals surface area (Å²) in [5, 5.41) is 0.990. The third-order valence-corrected chi connectivity index (χ3v) is 6.89. The van der Waals surface area contributed by atoms with E-state index in [0.29, 0.717) is 12.5 Å². The first-order valence-corrected chi connectivity index (χ1v) is 12.4. The molecule has 2 heterocycles. The highest BCUT2D eigenvalue weighted by molar-refractivity contribution is 6.31. The lowest BCUT2D eigenvalue weighted by molar-refractivity contribution is 0.528. The summed E-state index contributed by atoms with van der Waals surface area (Å²) < 4.78 is 17.6. The van der Waals surface area contributed by atoms with Crippen molar-refractivity contribution in [1.29, 1.82) is 0 Å². The van der Waals surface area contributed by atoms with E-state index in [-0.39, 0.29) is 29.7 Å². The van der Waals surface area contributed by atoms with Gasteiger partial charge in [-0.2, -0.15) is 0 Å². The van der Waals surface area contributed by atoms with Crippen LogP contribution in [0.25, 0.3) is 22.2 Å². The van der Waals surface area contributed by atoms with Crippen LogP contribution in [0.3, 0.4) is 0 Å². The van der Waals surface area contributed by atoms with Gasteiger partial charge in [0.25, 0.3) is 0 Å². The van der Waals surface area contributed by atoms with E-state index >= 15 is 0 Å². The molecule has 0 saturated heterocycles. The fourth-order valence-electron chi connectivity index (χ4n) is 5.02. The summed E-state index contributed by atoms with van der Waals surface area (Å²) in [5.41, 5.74) is 13.9. The van der Waals surface area contributed by atoms with Crippen LogP contribution in [0.1, 0.15) is 58.7 Å². The van der Waals surface area contributed by atoms with Crippen molar-refractivity contribution in [1.82, 2.24) is 9.13 Å². The lowest BCUT2D eigenvalue weighted by Gasteiger charge is -2.20. The minimum Gasteiger partial charge on any atom is -0.347 e. The predicted molar refractivity (Wildman–Crippen MR) is 149 cm³/mol. The van der Waals surface area contributed by atoms with Gasteiger partial charge in [0.1, 0.15) is 5.82 Å². The zero-order chi connectivity index (χ0) is 24.8. The Hall–Kier alpha value is -2.56. The van der Waals surface area contributed by atoms with Crippen LogP contribution in [-0.4, -0.2) is 15.2 Å². The van der Waals surface area contributed by atoms with Gasteiger partial charge in [-0.1, -0.05) is 64.4 Å². The van der Waals surface area contributed by atoms with Crippen molar-refractivity contribution in [2.45, 2.75) is 73.5 Å². The van der Waals surface area contributed by atoms with Crippen LogP contribution in [-0.2, 0) is 18.5 Å². The molecule has 0 bridgehead atoms. The largest absolute Gasteiger partial charge is 0.347 e. The van der Waals surface area contributed by atoms with Crippen LogP contribution in [0, 0.1) is 18.7 Å². The Labute approximate surface area is 214 Å². The molecule has 0 amide bonds. The molecule has 0 fully saturated rings. The summed E-state index contributed by atoms with van der Waals surface area (Å²) in [4.78, 5) is 0. The molecule has 4 aromatic rings. The molecule has 2 aromatic carbocycles. The minimum atomic E-state index is -0.386. The average molecular weight is 496 g/mol. The van der Waals surface area contributed by atoms with E-state index in [4.69, 9.17) is 17.3 Å². The molecule has 1 atom stereocenters. The van der Waals surface area contributed by atoms with Crippen molar-refractivity contribution < 1.29 is 4.39 Å². The summed E-state index contributed by atoms with van der Waals surface area (Å²) >= 11 is 5.73. The number of fused-ring (bicyclic) bond motifs is 4. The van der Waals surface area contributed by atoms with Crippen LogP contribution in [0.2, 0.25) is 5.02 Å². The molecule has 0 aliphatic heterocycles. The Morgan fingerprint density at radius 2 is 1.63 bits per heavy atom. The average Bonchev–Trinajstić information content (AvgIpc) is 3.38. The van der Waals surface area contributed by atoms with Gasteiger partial charge in [-0.25, -0.2) is 4.39 Å². The van der Waals surface area contributed by atoms with Gasteiger partial charge in [0.2, 0.25) is 0 Å². The lowest BCUT2D eigenvalue weighted by Crippen LogP contribution is -2.21. The third-order valence-electron chi connectivity index (χ3n) is 6.60. The molecule has 2 aromatic heterocycles. The number of hydrogen-bond acceptors (Lipinski definition) is 1. The van der Waals surface area contributed by atoms with E-state index in [1.807, 2.05) is 23.8 Å². The first-order chi connectivity index (χ1) is 16.0. The number of aryl methyl sites for hydroxylation is 1. The Balaban J connectivity index is 0.000000195. The highest BCUT2D eigenvalue weighted by atomic mass is 35.5. The summed E-state index contributed by atoms with van der Waals surface area (Å²) in [6.07, 6.45) is 4.15. The second-order valence-corrected chi connectivity index (χ2v) is 11.0. The van der Waals surface area contributed by atoms with Gasteiger partial charge in [-0.05, 0) is 61.2 Å². The molecular weight excluding hydrogens is 457 g/mol. The predicted octanol–water partition coefficient (Wildman–Crippen LogP) is 8.18. The molecule has 0 radical (unpaired) electrons. The normalized spacial score (nSPS) is 14.2. The topological polar surface area (TPSA) is 35.9 Å². The highest BCUT2D eigenvalue weighted by Gasteiger charge is 2.37. The van der Waals surface area contributed by atoms with E-state index in [1.165, 1.54) is 34.0 Å². The number of rotatable bonds is 4. The first kappa shape index (κ1) is 27.0. The fourth-order valence-corrected chi connectivity index (χ4v) is 5.18. The molecule has 0 spiro atoms. The smallest absolute Gasteiger partial charge is 0.142 e. The lowest BCUT2D eigenvalue weighted by atomic mass is 9.83. The number of nitrogens with zero attached hydrogens (tertiary/aromatic N) is 2. The van der Waals surface area contributed by atoms with E-state index in [2.05, 4.69) is 69.6 Å². The molecular formula is C30H39ClFN3. The maximum Gasteiger partial charge on any atom is 0.142 e. The van der Waals surface area contributed by atoms with Gasteiger partial charge in [-0.15, -0.1) is 0 Å². The van der Waals surface area contributed by atoms with E-state index in [0.717, 1.165) is 17.4 Å². The molecule has 5 heteroatoms. The maximum atomic E-state index is 13.2. The second-order valence-electron chi connectivity index (χ2n) is 10.6. The Kier molecular flexibility index (Phi) is 7.88. The molecule has 188 valence electrons. The van der Waals surface area contributed by atoms with E-state index in [9.17, 15) is 4.39 Å². The molecule has 5 rings (SSSR count). The van der Waals surface area contributed by atoms with Gasteiger partial charge < -0.3 is 14.9 Å². The summed E-state index contributed by atoms with van der Waals surface area (Å²) in [6, 6.07) is 14.2. The van der Waals surface area contributed by atoms with Crippen LogP contribution in [0.4, 0.5) is 4.39 Å². The summed E-state index contributed by atoms with van der Waals surface area (Å²) in [5.74, 6) is 0.288. The zero-order valence-corrected chi connectivity index (χ0v) is 21.7.